The molecule has 3 atom stereocenters. The maximum Gasteiger partial charge on any atom is 0.308 e. The van der Waals surface area contributed by atoms with Crippen LogP contribution in [0.25, 0.3) is 10.9 Å². The lowest BCUT2D eigenvalue weighted by molar-refractivity contribution is -0.230. The van der Waals surface area contributed by atoms with Crippen molar-refractivity contribution in [3.63, 3.8) is 0 Å². The van der Waals surface area contributed by atoms with Crippen LogP contribution in [0.15, 0.2) is 30.5 Å². The third kappa shape index (κ3) is 5.60. The maximum absolute atomic E-state index is 12.3. The van der Waals surface area contributed by atoms with Gasteiger partial charge in [0.1, 0.15) is 6.10 Å². The van der Waals surface area contributed by atoms with Gasteiger partial charge in [0, 0.05) is 36.4 Å². The van der Waals surface area contributed by atoms with Gasteiger partial charge in [0.25, 0.3) is 0 Å². The lowest BCUT2D eigenvalue weighted by Crippen LogP contribution is -2.47. The van der Waals surface area contributed by atoms with Crippen LogP contribution in [-0.4, -0.2) is 48.0 Å². The number of carbonyl (C=O) groups is 3. The van der Waals surface area contributed by atoms with E-state index in [0.29, 0.717) is 6.42 Å². The Labute approximate surface area is 174 Å². The number of para-hydroxylation sites is 1. The Morgan fingerprint density at radius 2 is 1.70 bits per heavy atom. The quantitative estimate of drug-likeness (QED) is 0.520. The number of esters is 3. The van der Waals surface area contributed by atoms with Crippen molar-refractivity contribution in [1.29, 1.82) is 0 Å². The zero-order valence-electron chi connectivity index (χ0n) is 17.2. The summed E-state index contributed by atoms with van der Waals surface area (Å²) in [4.78, 5) is 38.9. The second kappa shape index (κ2) is 10.2. The van der Waals surface area contributed by atoms with E-state index in [1.165, 1.54) is 0 Å². The summed E-state index contributed by atoms with van der Waals surface area (Å²) in [6.07, 6.45) is 0.844. The Balaban J connectivity index is 1.54. The highest BCUT2D eigenvalue weighted by Crippen LogP contribution is 2.23. The van der Waals surface area contributed by atoms with E-state index < -0.39 is 36.4 Å². The molecule has 0 radical (unpaired) electrons. The largest absolute Gasteiger partial charge is 0.458 e. The molecule has 0 saturated carbocycles. The predicted octanol–water partition coefficient (Wildman–Crippen LogP) is 3.03. The molecule has 2 heterocycles. The summed E-state index contributed by atoms with van der Waals surface area (Å²) in [6.45, 7) is 3.35. The zero-order chi connectivity index (χ0) is 21.5. The molecule has 1 fully saturated rings. The lowest BCUT2D eigenvalue weighted by atomic mass is 10.1. The van der Waals surface area contributed by atoms with Gasteiger partial charge in [0.05, 0.1) is 13.0 Å². The summed E-state index contributed by atoms with van der Waals surface area (Å²) in [7, 11) is 0. The van der Waals surface area contributed by atoms with E-state index >= 15 is 0 Å². The molecule has 1 saturated heterocycles. The van der Waals surface area contributed by atoms with Crippen LogP contribution in [0.2, 0.25) is 0 Å². The number of fused-ring (bicyclic) bond motifs is 1. The molecule has 8 heteroatoms. The van der Waals surface area contributed by atoms with Crippen LogP contribution in [0.3, 0.4) is 0 Å². The first-order valence-corrected chi connectivity index (χ1v) is 10.2. The molecule has 3 rings (SSSR count). The Morgan fingerprint density at radius 1 is 1.00 bits per heavy atom. The molecule has 1 aromatic carbocycles. The smallest absolute Gasteiger partial charge is 0.308 e. The van der Waals surface area contributed by atoms with Crippen molar-refractivity contribution in [2.45, 2.75) is 64.4 Å². The van der Waals surface area contributed by atoms with Crippen molar-refractivity contribution in [3.05, 3.63) is 36.0 Å². The van der Waals surface area contributed by atoms with E-state index in [-0.39, 0.29) is 32.3 Å². The first-order chi connectivity index (χ1) is 14.5. The van der Waals surface area contributed by atoms with Gasteiger partial charge in [-0.3, -0.25) is 14.4 Å². The van der Waals surface area contributed by atoms with Gasteiger partial charge in [-0.25, -0.2) is 0 Å². The number of hydrogen-bond donors (Lipinski definition) is 1. The Kier molecular flexibility index (Phi) is 7.46. The molecule has 2 aromatic rings. The molecule has 8 nitrogen and oxygen atoms in total. The van der Waals surface area contributed by atoms with Crippen LogP contribution in [-0.2, 0) is 39.8 Å². The van der Waals surface area contributed by atoms with Crippen LogP contribution < -0.4 is 0 Å². The average molecular weight is 417 g/mol. The number of nitrogens with one attached hydrogen (secondary N) is 1. The van der Waals surface area contributed by atoms with Gasteiger partial charge in [-0.1, -0.05) is 32.0 Å². The number of rotatable bonds is 8. The number of aromatic nitrogens is 1. The highest BCUT2D eigenvalue weighted by Gasteiger charge is 2.38. The molecule has 0 spiro atoms. The van der Waals surface area contributed by atoms with Crippen molar-refractivity contribution >= 4 is 28.8 Å². The van der Waals surface area contributed by atoms with Crippen LogP contribution in [0.5, 0.6) is 0 Å². The van der Waals surface area contributed by atoms with Gasteiger partial charge in [-0.05, 0) is 18.1 Å². The Hall–Kier alpha value is -2.87. The monoisotopic (exact) mass is 417 g/mol. The molecule has 162 valence electrons. The van der Waals surface area contributed by atoms with Crippen molar-refractivity contribution in [1.82, 2.24) is 4.98 Å². The van der Waals surface area contributed by atoms with E-state index in [9.17, 15) is 14.4 Å². The fourth-order valence-corrected chi connectivity index (χ4v) is 3.32. The van der Waals surface area contributed by atoms with Crippen molar-refractivity contribution in [2.75, 3.05) is 6.61 Å². The molecule has 0 unspecified atom stereocenters. The normalized spacial score (nSPS) is 21.2. The number of aryl methyl sites for hydroxylation is 1. The number of benzene rings is 1. The lowest BCUT2D eigenvalue weighted by Gasteiger charge is -2.34. The zero-order valence-corrected chi connectivity index (χ0v) is 17.2. The molecular formula is C22H27NO7. The molecule has 1 aromatic heterocycles. The first-order valence-electron chi connectivity index (χ1n) is 10.2. The summed E-state index contributed by atoms with van der Waals surface area (Å²) in [5.74, 6) is -1.23. The molecule has 0 aliphatic carbocycles. The van der Waals surface area contributed by atoms with Crippen LogP contribution in [0.4, 0.5) is 0 Å². The summed E-state index contributed by atoms with van der Waals surface area (Å²) in [5, 5.41) is 1.08. The highest BCUT2D eigenvalue weighted by atomic mass is 16.7. The minimum absolute atomic E-state index is 0.00616. The summed E-state index contributed by atoms with van der Waals surface area (Å²) < 4.78 is 21.7. The maximum atomic E-state index is 12.3. The van der Waals surface area contributed by atoms with Crippen LogP contribution in [0.1, 0.15) is 45.1 Å². The van der Waals surface area contributed by atoms with Crippen molar-refractivity contribution < 1.29 is 33.3 Å². The molecule has 1 N–H and O–H groups in total. The van der Waals surface area contributed by atoms with Gasteiger partial charge in [-0.15, -0.1) is 0 Å². The average Bonchev–Trinajstić information content (AvgIpc) is 3.17. The number of ether oxygens (including phenoxy) is 4. The van der Waals surface area contributed by atoms with E-state index in [1.807, 2.05) is 30.5 Å². The van der Waals surface area contributed by atoms with Crippen LogP contribution >= 0.6 is 0 Å². The fraction of sp³-hybridized carbons (Fsp3) is 0.500. The highest BCUT2D eigenvalue weighted by molar-refractivity contribution is 5.83. The Morgan fingerprint density at radius 3 is 2.43 bits per heavy atom. The van der Waals surface area contributed by atoms with Gasteiger partial charge in [-0.2, -0.15) is 0 Å². The van der Waals surface area contributed by atoms with Crippen LogP contribution in [0, 0.1) is 0 Å². The van der Waals surface area contributed by atoms with E-state index in [4.69, 9.17) is 18.9 Å². The molecule has 1 aliphatic rings. The second-order valence-electron chi connectivity index (χ2n) is 7.11. The second-order valence-corrected chi connectivity index (χ2v) is 7.11. The molecule has 0 bridgehead atoms. The molecule has 30 heavy (non-hydrogen) atoms. The first kappa shape index (κ1) is 21.8. The number of hydrogen-bond acceptors (Lipinski definition) is 7. The topological polar surface area (TPSA) is 104 Å². The SMILES string of the molecule is CCC(=O)O[C@H]1C[C@H](OC(=O)CCc2c[nH]c3ccccc23)OC[C@H]1OC(=O)CC. The van der Waals surface area contributed by atoms with E-state index in [1.54, 1.807) is 13.8 Å². The van der Waals surface area contributed by atoms with Crippen molar-refractivity contribution in [3.8, 4) is 0 Å². The third-order valence-corrected chi connectivity index (χ3v) is 4.97. The van der Waals surface area contributed by atoms with E-state index in [2.05, 4.69) is 4.98 Å². The third-order valence-electron chi connectivity index (χ3n) is 4.97. The minimum atomic E-state index is -0.855. The van der Waals surface area contributed by atoms with Gasteiger partial charge in [0.2, 0.25) is 6.29 Å². The van der Waals surface area contributed by atoms with Gasteiger partial charge < -0.3 is 23.9 Å². The van der Waals surface area contributed by atoms with Crippen molar-refractivity contribution in [2.24, 2.45) is 0 Å². The predicted molar refractivity (Wildman–Crippen MR) is 107 cm³/mol. The molecular weight excluding hydrogens is 390 g/mol. The standard InChI is InChI=1S/C22H27NO7/c1-3-19(24)28-17-11-22(27-13-18(17)29-20(25)4-2)30-21(26)10-9-14-12-23-16-8-6-5-7-15(14)16/h5-8,12,17-18,22-23H,3-4,9-11,13H2,1-2H3/t17-,18+,22-/m0/s1. The Bertz CT molecular complexity index is 890. The number of H-pyrrole nitrogens is 1. The van der Waals surface area contributed by atoms with Gasteiger partial charge in [0.15, 0.2) is 6.10 Å². The summed E-state index contributed by atoms with van der Waals surface area (Å²) >= 11 is 0. The van der Waals surface area contributed by atoms with E-state index in [0.717, 1.165) is 16.5 Å². The number of carbonyl (C=O) groups excluding carboxylic acids is 3. The fourth-order valence-electron chi connectivity index (χ4n) is 3.32. The number of aromatic amines is 1. The minimum Gasteiger partial charge on any atom is -0.458 e. The summed E-state index contributed by atoms with van der Waals surface area (Å²) in [6, 6.07) is 7.88. The molecule has 1 aliphatic heterocycles. The summed E-state index contributed by atoms with van der Waals surface area (Å²) in [5.41, 5.74) is 2.05. The molecule has 0 amide bonds. The van der Waals surface area contributed by atoms with Gasteiger partial charge >= 0.3 is 17.9 Å².